The van der Waals surface area contributed by atoms with E-state index in [1.165, 1.54) is 0 Å². The zero-order chi connectivity index (χ0) is 16.9. The van der Waals surface area contributed by atoms with Gasteiger partial charge < -0.3 is 15.7 Å². The van der Waals surface area contributed by atoms with E-state index in [4.69, 9.17) is 0 Å². The van der Waals surface area contributed by atoms with Gasteiger partial charge in [-0.1, -0.05) is 12.1 Å². The third-order valence-electron chi connectivity index (χ3n) is 4.53. The summed E-state index contributed by atoms with van der Waals surface area (Å²) in [5, 5.41) is 15.5. The van der Waals surface area contributed by atoms with E-state index in [0.29, 0.717) is 0 Å². The number of aliphatic hydroxyl groups excluding tert-OH is 1. The van der Waals surface area contributed by atoms with Gasteiger partial charge >= 0.3 is 6.03 Å². The van der Waals surface area contributed by atoms with Crippen molar-refractivity contribution in [3.63, 3.8) is 0 Å². The van der Waals surface area contributed by atoms with Crippen molar-refractivity contribution in [2.24, 2.45) is 0 Å². The van der Waals surface area contributed by atoms with Crippen molar-refractivity contribution in [2.75, 3.05) is 5.32 Å². The first kappa shape index (κ1) is 16.5. The second-order valence-corrected chi connectivity index (χ2v) is 6.37. The predicted octanol–water partition coefficient (Wildman–Crippen LogP) is 3.48. The fourth-order valence-electron chi connectivity index (χ4n) is 3.04. The molecule has 5 heteroatoms. The molecule has 1 aliphatic rings. The summed E-state index contributed by atoms with van der Waals surface area (Å²) in [6, 6.07) is 9.86. The number of aromatic nitrogens is 1. The lowest BCUT2D eigenvalue weighted by molar-refractivity contribution is 0.118. The molecule has 0 atom stereocenters. The maximum absolute atomic E-state index is 12.3. The Bertz CT molecular complexity index is 695. The SMILES string of the molecule is Cc1ccc(-c2ccncc2)cc1NC(=O)NC1CCC(O)CC1. The largest absolute Gasteiger partial charge is 0.393 e. The molecule has 24 heavy (non-hydrogen) atoms. The molecule has 1 saturated carbocycles. The van der Waals surface area contributed by atoms with Crippen LogP contribution in [0.25, 0.3) is 11.1 Å². The molecule has 1 fully saturated rings. The number of nitrogens with one attached hydrogen (secondary N) is 2. The Morgan fingerprint density at radius 2 is 1.79 bits per heavy atom. The minimum absolute atomic E-state index is 0.136. The predicted molar refractivity (Wildman–Crippen MR) is 94.8 cm³/mol. The van der Waals surface area contributed by atoms with Crippen molar-refractivity contribution in [2.45, 2.75) is 44.8 Å². The quantitative estimate of drug-likeness (QED) is 0.809. The molecule has 126 valence electrons. The molecule has 2 aromatic rings. The summed E-state index contributed by atoms with van der Waals surface area (Å²) in [6.07, 6.45) is 6.45. The third kappa shape index (κ3) is 4.11. The van der Waals surface area contributed by atoms with E-state index in [0.717, 1.165) is 48.1 Å². The second-order valence-electron chi connectivity index (χ2n) is 6.37. The zero-order valence-electron chi connectivity index (χ0n) is 13.8. The first-order chi connectivity index (χ1) is 11.6. The van der Waals surface area contributed by atoms with Crippen molar-refractivity contribution in [3.8, 4) is 11.1 Å². The second kappa shape index (κ2) is 7.45. The van der Waals surface area contributed by atoms with Gasteiger partial charge in [0, 0.05) is 24.1 Å². The molecular weight excluding hydrogens is 302 g/mol. The summed E-state index contributed by atoms with van der Waals surface area (Å²) < 4.78 is 0. The number of nitrogens with zero attached hydrogens (tertiary/aromatic N) is 1. The summed E-state index contributed by atoms with van der Waals surface area (Å²) in [4.78, 5) is 16.3. The Kier molecular flexibility index (Phi) is 5.11. The molecule has 0 unspecified atom stereocenters. The molecule has 3 N–H and O–H groups in total. The topological polar surface area (TPSA) is 74.2 Å². The van der Waals surface area contributed by atoms with Gasteiger partial charge in [-0.2, -0.15) is 0 Å². The third-order valence-corrected chi connectivity index (χ3v) is 4.53. The standard InChI is InChI=1S/C19H23N3O2/c1-13-2-3-15(14-8-10-20-11-9-14)12-18(13)22-19(24)21-16-4-6-17(23)7-5-16/h2-3,8-12,16-17,23H,4-7H2,1H3,(H2,21,22,24). The van der Waals surface area contributed by atoms with Crippen LogP contribution in [0.4, 0.5) is 10.5 Å². The number of hydrogen-bond donors (Lipinski definition) is 3. The van der Waals surface area contributed by atoms with Crippen LogP contribution in [0.15, 0.2) is 42.7 Å². The van der Waals surface area contributed by atoms with Gasteiger partial charge in [-0.25, -0.2) is 4.79 Å². The fourth-order valence-corrected chi connectivity index (χ4v) is 3.04. The number of aliphatic hydroxyl groups is 1. The number of amides is 2. The fraction of sp³-hybridized carbons (Fsp3) is 0.368. The number of carbonyl (C=O) groups excluding carboxylic acids is 1. The number of carbonyl (C=O) groups is 1. The molecule has 0 spiro atoms. The lowest BCUT2D eigenvalue weighted by Crippen LogP contribution is -2.41. The number of pyridine rings is 1. The van der Waals surface area contributed by atoms with E-state index in [1.54, 1.807) is 12.4 Å². The molecular formula is C19H23N3O2. The highest BCUT2D eigenvalue weighted by Gasteiger charge is 2.20. The van der Waals surface area contributed by atoms with Crippen LogP contribution < -0.4 is 10.6 Å². The normalized spacial score (nSPS) is 20.4. The molecule has 1 heterocycles. The highest BCUT2D eigenvalue weighted by atomic mass is 16.3. The molecule has 0 bridgehead atoms. The maximum atomic E-state index is 12.3. The van der Waals surface area contributed by atoms with Crippen molar-refractivity contribution >= 4 is 11.7 Å². The lowest BCUT2D eigenvalue weighted by Gasteiger charge is -2.26. The number of rotatable bonds is 3. The van der Waals surface area contributed by atoms with E-state index in [1.807, 2.05) is 37.3 Å². The van der Waals surface area contributed by atoms with Crippen molar-refractivity contribution in [1.82, 2.24) is 10.3 Å². The van der Waals surface area contributed by atoms with E-state index < -0.39 is 0 Å². The van der Waals surface area contributed by atoms with Gasteiger partial charge in [-0.05, 0) is 67.5 Å². The van der Waals surface area contributed by atoms with E-state index in [-0.39, 0.29) is 18.2 Å². The first-order valence-electron chi connectivity index (χ1n) is 8.38. The molecule has 3 rings (SSSR count). The Balaban J connectivity index is 1.67. The molecule has 2 amide bonds. The highest BCUT2D eigenvalue weighted by molar-refractivity contribution is 5.91. The van der Waals surface area contributed by atoms with Crippen LogP contribution >= 0.6 is 0 Å². The first-order valence-corrected chi connectivity index (χ1v) is 8.38. The minimum atomic E-state index is -0.217. The van der Waals surface area contributed by atoms with E-state index in [9.17, 15) is 9.90 Å². The van der Waals surface area contributed by atoms with Crippen LogP contribution in [0.1, 0.15) is 31.2 Å². The van der Waals surface area contributed by atoms with E-state index >= 15 is 0 Å². The molecule has 1 aromatic heterocycles. The zero-order valence-corrected chi connectivity index (χ0v) is 13.8. The number of aryl methyl sites for hydroxylation is 1. The number of hydrogen-bond acceptors (Lipinski definition) is 3. The number of urea groups is 1. The van der Waals surface area contributed by atoms with Crippen LogP contribution in [0.2, 0.25) is 0 Å². The monoisotopic (exact) mass is 325 g/mol. The average molecular weight is 325 g/mol. The van der Waals surface area contributed by atoms with Gasteiger partial charge in [0.1, 0.15) is 0 Å². The minimum Gasteiger partial charge on any atom is -0.393 e. The highest BCUT2D eigenvalue weighted by Crippen LogP contribution is 2.25. The Morgan fingerprint density at radius 1 is 1.08 bits per heavy atom. The summed E-state index contributed by atoms with van der Waals surface area (Å²) in [7, 11) is 0. The van der Waals surface area contributed by atoms with Gasteiger partial charge in [0.2, 0.25) is 0 Å². The lowest BCUT2D eigenvalue weighted by atomic mass is 9.93. The Labute approximate surface area is 142 Å². The van der Waals surface area contributed by atoms with Gasteiger partial charge in [-0.3, -0.25) is 4.98 Å². The molecule has 0 radical (unpaired) electrons. The summed E-state index contributed by atoms with van der Waals surface area (Å²) in [5.74, 6) is 0. The number of anilines is 1. The summed E-state index contributed by atoms with van der Waals surface area (Å²) in [5.41, 5.74) is 3.92. The van der Waals surface area contributed by atoms with Crippen LogP contribution in [-0.4, -0.2) is 28.3 Å². The van der Waals surface area contributed by atoms with Crippen molar-refractivity contribution in [1.29, 1.82) is 0 Å². The average Bonchev–Trinajstić information content (AvgIpc) is 2.60. The smallest absolute Gasteiger partial charge is 0.319 e. The van der Waals surface area contributed by atoms with E-state index in [2.05, 4.69) is 15.6 Å². The summed E-state index contributed by atoms with van der Waals surface area (Å²) in [6.45, 7) is 1.98. The van der Waals surface area contributed by atoms with Gasteiger partial charge in [-0.15, -0.1) is 0 Å². The van der Waals surface area contributed by atoms with Gasteiger partial charge in [0.15, 0.2) is 0 Å². The molecule has 1 aromatic carbocycles. The summed E-state index contributed by atoms with van der Waals surface area (Å²) >= 11 is 0. The van der Waals surface area contributed by atoms with Crippen molar-refractivity contribution < 1.29 is 9.90 Å². The van der Waals surface area contributed by atoms with Crippen LogP contribution in [0.5, 0.6) is 0 Å². The maximum Gasteiger partial charge on any atom is 0.319 e. The molecule has 5 nitrogen and oxygen atoms in total. The van der Waals surface area contributed by atoms with Crippen LogP contribution in [-0.2, 0) is 0 Å². The Hall–Kier alpha value is -2.40. The van der Waals surface area contributed by atoms with Crippen LogP contribution in [0.3, 0.4) is 0 Å². The molecule has 0 saturated heterocycles. The van der Waals surface area contributed by atoms with Crippen LogP contribution in [0, 0.1) is 6.92 Å². The van der Waals surface area contributed by atoms with Gasteiger partial charge in [0.25, 0.3) is 0 Å². The Morgan fingerprint density at radius 3 is 2.50 bits per heavy atom. The molecule has 0 aliphatic heterocycles. The van der Waals surface area contributed by atoms with Crippen molar-refractivity contribution in [3.05, 3.63) is 48.3 Å². The van der Waals surface area contributed by atoms with Gasteiger partial charge in [0.05, 0.1) is 6.10 Å². The number of benzene rings is 1. The molecule has 1 aliphatic carbocycles.